The SMILES string of the molecule is CC#CC(=O)NCCCN(C)Cc1cc(C)c(OCc2cccc(-c3ccc4c(c3)OCCO4)c2C)cc1OCc1cccc(C#N)c1. The van der Waals surface area contributed by atoms with Gasteiger partial charge in [0.05, 0.1) is 11.6 Å². The first-order chi connectivity index (χ1) is 23.3. The van der Waals surface area contributed by atoms with Gasteiger partial charge in [-0.2, -0.15) is 5.26 Å². The van der Waals surface area contributed by atoms with Crippen molar-refractivity contribution in [2.45, 2.75) is 47.0 Å². The number of fused-ring (bicyclic) bond motifs is 1. The van der Waals surface area contributed by atoms with Gasteiger partial charge in [-0.25, -0.2) is 0 Å². The van der Waals surface area contributed by atoms with E-state index in [1.807, 2.05) is 50.4 Å². The Hall–Kier alpha value is -5.44. The standard InChI is InChI=1S/C40H41N3O5/c1-5-9-40(44)42-16-8-17-43(4)25-34-20-28(2)37(23-38(34)47-26-31-11-6-10-30(21-31)24-41)48-27-33-12-7-13-35(29(33)3)32-14-15-36-39(22-32)46-19-18-45-36/h6-7,10-15,20-23H,8,16-19,25-27H2,1-4H3,(H,42,44). The van der Waals surface area contributed by atoms with E-state index in [9.17, 15) is 10.1 Å². The van der Waals surface area contributed by atoms with E-state index < -0.39 is 0 Å². The molecule has 5 rings (SSSR count). The molecule has 48 heavy (non-hydrogen) atoms. The molecule has 0 aliphatic carbocycles. The maximum Gasteiger partial charge on any atom is 0.295 e. The summed E-state index contributed by atoms with van der Waals surface area (Å²) in [6.45, 7) is 9.60. The molecular formula is C40H41N3O5. The van der Waals surface area contributed by atoms with E-state index >= 15 is 0 Å². The number of hydrogen-bond donors (Lipinski definition) is 1. The lowest BCUT2D eigenvalue weighted by atomic mass is 9.96. The average molecular weight is 644 g/mol. The van der Waals surface area contributed by atoms with Gasteiger partial charge in [-0.3, -0.25) is 4.79 Å². The zero-order valence-corrected chi connectivity index (χ0v) is 28.0. The number of benzene rings is 4. The van der Waals surface area contributed by atoms with Crippen LogP contribution in [0.1, 0.15) is 46.7 Å². The van der Waals surface area contributed by atoms with E-state index in [1.54, 1.807) is 13.0 Å². The molecule has 0 fully saturated rings. The molecular weight excluding hydrogens is 602 g/mol. The van der Waals surface area contributed by atoms with Crippen molar-refractivity contribution < 1.29 is 23.7 Å². The molecule has 0 saturated carbocycles. The fourth-order valence-corrected chi connectivity index (χ4v) is 5.63. The molecule has 246 valence electrons. The van der Waals surface area contributed by atoms with E-state index in [-0.39, 0.29) is 5.91 Å². The Kier molecular flexibility index (Phi) is 11.6. The number of ether oxygens (including phenoxy) is 4. The van der Waals surface area contributed by atoms with Crippen LogP contribution in [0.5, 0.6) is 23.0 Å². The minimum Gasteiger partial charge on any atom is -0.488 e. The monoisotopic (exact) mass is 643 g/mol. The number of rotatable bonds is 13. The molecule has 0 bridgehead atoms. The van der Waals surface area contributed by atoms with Crippen LogP contribution in [0.3, 0.4) is 0 Å². The van der Waals surface area contributed by atoms with Crippen LogP contribution < -0.4 is 24.3 Å². The van der Waals surface area contributed by atoms with Crippen molar-refractivity contribution >= 4 is 5.91 Å². The number of carbonyl (C=O) groups is 1. The summed E-state index contributed by atoms with van der Waals surface area (Å²) in [7, 11) is 2.05. The first-order valence-corrected chi connectivity index (χ1v) is 16.1. The maximum atomic E-state index is 11.7. The molecule has 8 nitrogen and oxygen atoms in total. The van der Waals surface area contributed by atoms with E-state index in [2.05, 4.69) is 65.4 Å². The van der Waals surface area contributed by atoms with Crippen molar-refractivity contribution in [1.29, 1.82) is 5.26 Å². The second-order valence-corrected chi connectivity index (χ2v) is 11.8. The van der Waals surface area contributed by atoms with Crippen molar-refractivity contribution in [2.24, 2.45) is 0 Å². The molecule has 1 heterocycles. The van der Waals surface area contributed by atoms with E-state index in [0.29, 0.717) is 45.1 Å². The van der Waals surface area contributed by atoms with Gasteiger partial charge in [-0.05, 0) is 110 Å². The number of carbonyl (C=O) groups excluding carboxylic acids is 1. The Labute approximate surface area is 283 Å². The van der Waals surface area contributed by atoms with Crippen LogP contribution in [0.15, 0.2) is 72.8 Å². The lowest BCUT2D eigenvalue weighted by molar-refractivity contribution is -0.115. The van der Waals surface area contributed by atoms with Gasteiger partial charge in [0, 0.05) is 24.7 Å². The highest BCUT2D eigenvalue weighted by molar-refractivity contribution is 5.93. The highest BCUT2D eigenvalue weighted by atomic mass is 16.6. The molecule has 1 N–H and O–H groups in total. The summed E-state index contributed by atoms with van der Waals surface area (Å²) >= 11 is 0. The van der Waals surface area contributed by atoms with E-state index in [1.165, 1.54) is 0 Å². The topological polar surface area (TPSA) is 93.1 Å². The third kappa shape index (κ3) is 8.88. The molecule has 1 aliphatic rings. The molecule has 0 atom stereocenters. The largest absolute Gasteiger partial charge is 0.488 e. The van der Waals surface area contributed by atoms with Gasteiger partial charge in [0.2, 0.25) is 0 Å². The van der Waals surface area contributed by atoms with Gasteiger partial charge in [0.15, 0.2) is 11.5 Å². The van der Waals surface area contributed by atoms with Crippen LogP contribution in [0.2, 0.25) is 0 Å². The van der Waals surface area contributed by atoms with Crippen LogP contribution in [0, 0.1) is 37.0 Å². The molecule has 0 aromatic heterocycles. The van der Waals surface area contributed by atoms with Crippen molar-refractivity contribution in [2.75, 3.05) is 33.4 Å². The summed E-state index contributed by atoms with van der Waals surface area (Å²) in [6.07, 6.45) is 0.787. The minimum atomic E-state index is -0.257. The number of hydrogen-bond acceptors (Lipinski definition) is 7. The smallest absolute Gasteiger partial charge is 0.295 e. The highest BCUT2D eigenvalue weighted by Gasteiger charge is 2.16. The fourth-order valence-electron chi connectivity index (χ4n) is 5.63. The Balaban J connectivity index is 1.32. The first kappa shape index (κ1) is 33.9. The van der Waals surface area contributed by atoms with Crippen LogP contribution in [-0.4, -0.2) is 44.2 Å². The quantitative estimate of drug-likeness (QED) is 0.128. The summed E-state index contributed by atoms with van der Waals surface area (Å²) in [6, 6.07) is 26.0. The van der Waals surface area contributed by atoms with Crippen LogP contribution in [-0.2, 0) is 24.6 Å². The third-order valence-electron chi connectivity index (χ3n) is 8.17. The molecule has 1 aliphatic heterocycles. The molecule has 0 unspecified atom stereocenters. The van der Waals surface area contributed by atoms with Gasteiger partial charge < -0.3 is 29.2 Å². The third-order valence-corrected chi connectivity index (χ3v) is 8.17. The number of amides is 1. The summed E-state index contributed by atoms with van der Waals surface area (Å²) in [5.41, 5.74) is 7.93. The van der Waals surface area contributed by atoms with Crippen molar-refractivity contribution in [1.82, 2.24) is 10.2 Å². The molecule has 1 amide bonds. The molecule has 0 radical (unpaired) electrons. The summed E-state index contributed by atoms with van der Waals surface area (Å²) in [4.78, 5) is 13.9. The van der Waals surface area contributed by atoms with E-state index in [4.69, 9.17) is 18.9 Å². The fraction of sp³-hybridized carbons (Fsp3) is 0.300. The number of nitriles is 1. The predicted octanol–water partition coefficient (Wildman–Crippen LogP) is 6.73. The van der Waals surface area contributed by atoms with Gasteiger partial charge in [-0.15, -0.1) is 0 Å². The summed E-state index contributed by atoms with van der Waals surface area (Å²) < 4.78 is 24.4. The van der Waals surface area contributed by atoms with Crippen molar-refractivity contribution in [3.63, 3.8) is 0 Å². The number of nitrogens with zero attached hydrogens (tertiary/aromatic N) is 2. The van der Waals surface area contributed by atoms with E-state index in [0.717, 1.165) is 74.9 Å². The zero-order chi connectivity index (χ0) is 33.9. The van der Waals surface area contributed by atoms with Crippen molar-refractivity contribution in [3.8, 4) is 52.0 Å². The van der Waals surface area contributed by atoms with Gasteiger partial charge in [-0.1, -0.05) is 42.3 Å². The molecule has 4 aromatic rings. The normalized spacial score (nSPS) is 11.7. The van der Waals surface area contributed by atoms with Crippen LogP contribution in [0.4, 0.5) is 0 Å². The first-order valence-electron chi connectivity index (χ1n) is 16.1. The molecule has 8 heteroatoms. The Morgan fingerprint density at radius 3 is 2.52 bits per heavy atom. The van der Waals surface area contributed by atoms with Gasteiger partial charge in [0.1, 0.15) is 37.9 Å². The Morgan fingerprint density at radius 2 is 1.71 bits per heavy atom. The Bertz CT molecular complexity index is 1870. The number of aryl methyl sites for hydroxylation is 1. The van der Waals surface area contributed by atoms with Crippen LogP contribution >= 0.6 is 0 Å². The highest BCUT2D eigenvalue weighted by Crippen LogP contribution is 2.37. The summed E-state index contributed by atoms with van der Waals surface area (Å²) in [5.74, 6) is 7.86. The van der Waals surface area contributed by atoms with Crippen molar-refractivity contribution in [3.05, 3.63) is 106 Å². The molecule has 0 saturated heterocycles. The molecule has 4 aromatic carbocycles. The second kappa shape index (κ2) is 16.4. The average Bonchev–Trinajstić information content (AvgIpc) is 3.10. The maximum absolute atomic E-state index is 11.7. The predicted molar refractivity (Wildman–Crippen MR) is 186 cm³/mol. The lowest BCUT2D eigenvalue weighted by Gasteiger charge is -2.21. The summed E-state index contributed by atoms with van der Waals surface area (Å²) in [5, 5.41) is 12.2. The number of nitrogens with one attached hydrogen (secondary N) is 1. The van der Waals surface area contributed by atoms with Gasteiger partial charge in [0.25, 0.3) is 5.91 Å². The van der Waals surface area contributed by atoms with Crippen LogP contribution in [0.25, 0.3) is 11.1 Å². The zero-order valence-electron chi connectivity index (χ0n) is 28.0. The Morgan fingerprint density at radius 1 is 0.917 bits per heavy atom. The minimum absolute atomic E-state index is 0.257. The molecule has 0 spiro atoms. The van der Waals surface area contributed by atoms with Gasteiger partial charge >= 0.3 is 0 Å². The lowest BCUT2D eigenvalue weighted by Crippen LogP contribution is -2.27. The second-order valence-electron chi connectivity index (χ2n) is 11.8.